The molecule has 25 heavy (non-hydrogen) atoms. The number of nitrogens with zero attached hydrogens (tertiary/aromatic N) is 2. The van der Waals surface area contributed by atoms with E-state index in [0.29, 0.717) is 0 Å². The third-order valence-corrected chi connectivity index (χ3v) is 3.26. The molecule has 0 radical (unpaired) electrons. The van der Waals surface area contributed by atoms with Crippen LogP contribution in [0.25, 0.3) is 10.6 Å². The van der Waals surface area contributed by atoms with E-state index in [9.17, 15) is 4.79 Å². The molecule has 2 atom stereocenters. The van der Waals surface area contributed by atoms with Crippen molar-refractivity contribution in [1.82, 2.24) is 5.32 Å². The van der Waals surface area contributed by atoms with Gasteiger partial charge in [0.15, 0.2) is 0 Å². The van der Waals surface area contributed by atoms with Gasteiger partial charge in [-0.25, -0.2) is 0 Å². The molecule has 0 aromatic heterocycles. The molecule has 142 valence electrons. The molecule has 1 N–H and O–H groups in total. The fourth-order valence-corrected chi connectivity index (χ4v) is 2.53. The Morgan fingerprint density at radius 1 is 0.840 bits per heavy atom. The maximum absolute atomic E-state index is 13.1. The molecule has 1 aromatic carbocycles. The largest absolute Gasteiger partial charge is 0.652 e. The topological polar surface area (TPSA) is 57.3 Å². The number of rotatable bonds is 5. The molecule has 0 heterocycles. The molecular formula is C21H35N3O-2. The highest BCUT2D eigenvalue weighted by atomic mass is 16.2. The lowest BCUT2D eigenvalue weighted by molar-refractivity contribution is -0.123. The summed E-state index contributed by atoms with van der Waals surface area (Å²) in [6.07, 6.45) is 0. The van der Waals surface area contributed by atoms with Crippen LogP contribution in [0.15, 0.2) is 30.3 Å². The predicted molar refractivity (Wildman–Crippen MR) is 107 cm³/mol. The number of hydrogen-bond acceptors (Lipinski definition) is 1. The summed E-state index contributed by atoms with van der Waals surface area (Å²) in [5.41, 5.74) is 0.0970. The average molecular weight is 346 g/mol. The molecule has 0 aliphatic carbocycles. The number of hydrogen-bond donors (Lipinski definition) is 1. The molecule has 0 bridgehead atoms. The van der Waals surface area contributed by atoms with Gasteiger partial charge in [-0.15, -0.1) is 17.1 Å². The second-order valence-corrected chi connectivity index (χ2v) is 9.64. The Morgan fingerprint density at radius 2 is 1.32 bits per heavy atom. The van der Waals surface area contributed by atoms with Gasteiger partial charge in [-0.1, -0.05) is 83.5 Å². The zero-order chi connectivity index (χ0) is 19.5. The molecule has 0 aliphatic heterocycles. The summed E-state index contributed by atoms with van der Waals surface area (Å²) >= 11 is 0. The number of amides is 1. The van der Waals surface area contributed by atoms with E-state index in [1.165, 1.54) is 0 Å². The maximum atomic E-state index is 13.1. The lowest BCUT2D eigenvalue weighted by Crippen LogP contribution is -2.49. The number of carbonyl (C=O) groups is 1. The summed E-state index contributed by atoms with van der Waals surface area (Å²) in [6, 6.07) is 9.10. The van der Waals surface area contributed by atoms with E-state index in [0.717, 1.165) is 5.56 Å². The van der Waals surface area contributed by atoms with Crippen LogP contribution < -0.4 is 5.32 Å². The molecule has 0 saturated carbocycles. The van der Waals surface area contributed by atoms with Crippen molar-refractivity contribution in [2.45, 2.75) is 91.0 Å². The van der Waals surface area contributed by atoms with Crippen LogP contribution in [0.4, 0.5) is 0 Å². The highest BCUT2D eigenvalue weighted by molar-refractivity contribution is 5.86. The first-order valence-electron chi connectivity index (χ1n) is 8.99. The van der Waals surface area contributed by atoms with Gasteiger partial charge in [-0.2, -0.15) is 0 Å². The molecule has 1 rings (SSSR count). The Kier molecular flexibility index (Phi) is 6.82. The minimum absolute atomic E-state index is 0.0794. The molecule has 0 aliphatic rings. The van der Waals surface area contributed by atoms with Crippen LogP contribution in [0.1, 0.15) is 73.9 Å². The Hall–Kier alpha value is -1.39. The monoisotopic (exact) mass is 345 g/mol. The standard InChI is InChI=1S/C21H35N3O/c1-19(2,3)22-16(15-13-11-10-12-14-15)17(23-20(4,5)6)18(25)24-21(7,8)9/h10-14,16-17H,1-9H3,(H,24,25)/q-2/t16?,17-/m0/s1. The molecule has 1 aromatic rings. The van der Waals surface area contributed by atoms with E-state index >= 15 is 0 Å². The van der Waals surface area contributed by atoms with Crippen LogP contribution in [-0.4, -0.2) is 28.6 Å². The second-order valence-electron chi connectivity index (χ2n) is 9.64. The molecule has 1 unspecified atom stereocenters. The molecule has 0 spiro atoms. The SMILES string of the molecule is CC(C)(C)[N-]C(c1ccccc1)[C@H]([N-]C(C)(C)C)C(=O)NC(C)(C)C. The highest BCUT2D eigenvalue weighted by Crippen LogP contribution is 2.38. The van der Waals surface area contributed by atoms with E-state index in [4.69, 9.17) is 10.6 Å². The smallest absolute Gasteiger partial charge is 0.201 e. The molecular weight excluding hydrogens is 310 g/mol. The maximum Gasteiger partial charge on any atom is 0.201 e. The third kappa shape index (κ3) is 8.50. The molecule has 4 nitrogen and oxygen atoms in total. The van der Waals surface area contributed by atoms with Crippen LogP contribution in [0, 0.1) is 0 Å². The van der Waals surface area contributed by atoms with Crippen LogP contribution in [0.3, 0.4) is 0 Å². The minimum atomic E-state index is -0.569. The van der Waals surface area contributed by atoms with Crippen molar-refractivity contribution in [3.63, 3.8) is 0 Å². The zero-order valence-corrected chi connectivity index (χ0v) is 17.3. The van der Waals surface area contributed by atoms with Gasteiger partial charge >= 0.3 is 0 Å². The lowest BCUT2D eigenvalue weighted by atomic mass is 9.92. The Balaban J connectivity index is 3.29. The predicted octanol–water partition coefficient (Wildman–Crippen LogP) is 5.36. The molecule has 0 saturated heterocycles. The van der Waals surface area contributed by atoms with Gasteiger partial charge in [0.25, 0.3) is 0 Å². The van der Waals surface area contributed by atoms with Crippen molar-refractivity contribution in [2.75, 3.05) is 0 Å². The summed E-state index contributed by atoms with van der Waals surface area (Å²) < 4.78 is 0. The van der Waals surface area contributed by atoms with E-state index in [-0.39, 0.29) is 28.6 Å². The fraction of sp³-hybridized carbons (Fsp3) is 0.667. The first kappa shape index (κ1) is 21.7. The van der Waals surface area contributed by atoms with Crippen LogP contribution >= 0.6 is 0 Å². The normalized spacial score (nSPS) is 15.6. The van der Waals surface area contributed by atoms with Crippen molar-refractivity contribution in [3.05, 3.63) is 46.5 Å². The lowest BCUT2D eigenvalue weighted by Gasteiger charge is -2.55. The molecule has 0 fully saturated rings. The van der Waals surface area contributed by atoms with E-state index in [1.54, 1.807) is 0 Å². The van der Waals surface area contributed by atoms with Crippen molar-refractivity contribution >= 4 is 5.91 Å². The first-order valence-corrected chi connectivity index (χ1v) is 8.99. The van der Waals surface area contributed by atoms with Gasteiger partial charge in [-0.3, -0.25) is 4.79 Å². The van der Waals surface area contributed by atoms with Gasteiger partial charge in [0, 0.05) is 5.54 Å². The zero-order valence-electron chi connectivity index (χ0n) is 17.3. The van der Waals surface area contributed by atoms with Gasteiger partial charge < -0.3 is 16.0 Å². The van der Waals surface area contributed by atoms with Crippen molar-refractivity contribution in [2.24, 2.45) is 0 Å². The first-order chi connectivity index (χ1) is 11.2. The minimum Gasteiger partial charge on any atom is -0.652 e. The average Bonchev–Trinajstić information content (AvgIpc) is 2.39. The summed E-state index contributed by atoms with van der Waals surface area (Å²) in [4.78, 5) is 13.1. The van der Waals surface area contributed by atoms with Crippen molar-refractivity contribution in [3.8, 4) is 0 Å². The number of nitrogens with one attached hydrogen (secondary N) is 1. The van der Waals surface area contributed by atoms with E-state index < -0.39 is 6.04 Å². The summed E-state index contributed by atoms with van der Waals surface area (Å²) in [5, 5.41) is 12.9. The Morgan fingerprint density at radius 3 is 1.72 bits per heavy atom. The fourth-order valence-electron chi connectivity index (χ4n) is 2.53. The molecule has 1 amide bonds. The molecule has 4 heteroatoms. The van der Waals surface area contributed by atoms with Crippen LogP contribution in [-0.2, 0) is 4.79 Å². The number of benzene rings is 1. The van der Waals surface area contributed by atoms with Crippen molar-refractivity contribution in [1.29, 1.82) is 0 Å². The quantitative estimate of drug-likeness (QED) is 0.767. The summed E-state index contributed by atoms with van der Waals surface area (Å²) in [6.45, 7) is 18.2. The van der Waals surface area contributed by atoms with Gasteiger partial charge in [0.05, 0.1) is 0 Å². The van der Waals surface area contributed by atoms with Crippen LogP contribution in [0.2, 0.25) is 0 Å². The van der Waals surface area contributed by atoms with Crippen molar-refractivity contribution < 1.29 is 4.79 Å². The Bertz CT molecular complexity index is 547. The summed E-state index contributed by atoms with van der Waals surface area (Å²) in [7, 11) is 0. The summed E-state index contributed by atoms with van der Waals surface area (Å²) in [5.74, 6) is -0.0794. The van der Waals surface area contributed by atoms with Gasteiger partial charge in [0.1, 0.15) is 0 Å². The van der Waals surface area contributed by atoms with Crippen LogP contribution in [0.5, 0.6) is 0 Å². The number of carbonyl (C=O) groups excluding carboxylic acids is 1. The Labute approximate surface area is 154 Å². The van der Waals surface area contributed by atoms with Gasteiger partial charge in [-0.05, 0) is 20.8 Å². The van der Waals surface area contributed by atoms with Gasteiger partial charge in [0.2, 0.25) is 5.91 Å². The van der Waals surface area contributed by atoms with E-state index in [1.807, 2.05) is 71.9 Å². The highest BCUT2D eigenvalue weighted by Gasteiger charge is 2.23. The van der Waals surface area contributed by atoms with E-state index in [2.05, 4.69) is 26.1 Å². The second kappa shape index (κ2) is 7.88. The third-order valence-electron chi connectivity index (χ3n) is 3.26.